The van der Waals surface area contributed by atoms with Crippen molar-refractivity contribution >= 4 is 23.7 Å². The number of benzene rings is 3. The third kappa shape index (κ3) is 11.8. The lowest BCUT2D eigenvalue weighted by Gasteiger charge is -2.14. The molecule has 3 aromatic carbocycles. The van der Waals surface area contributed by atoms with E-state index in [9.17, 15) is 14.7 Å². The second-order valence-electron chi connectivity index (χ2n) is 10.1. The van der Waals surface area contributed by atoms with Gasteiger partial charge in [0.2, 0.25) is 0 Å². The van der Waals surface area contributed by atoms with Gasteiger partial charge < -0.3 is 25.0 Å². The van der Waals surface area contributed by atoms with Gasteiger partial charge in [-0.1, -0.05) is 48.9 Å². The van der Waals surface area contributed by atoms with Crippen LogP contribution in [0.3, 0.4) is 0 Å². The SMILES string of the molecule is COc1ccc(NCCCCCOc2ccccc2/C=C/C(CCCCC(=O)O)Cc2ccc(C(=O)O)cc2)cc1. The molecule has 0 aromatic heterocycles. The number of hydrogen-bond donors (Lipinski definition) is 3. The molecule has 3 rings (SSSR count). The Labute approximate surface area is 242 Å². The number of methoxy groups -OCH3 is 1. The fourth-order valence-corrected chi connectivity index (χ4v) is 4.55. The number of carboxylic acid groups (broad SMARTS) is 2. The summed E-state index contributed by atoms with van der Waals surface area (Å²) in [7, 11) is 1.66. The number of rotatable bonds is 19. The smallest absolute Gasteiger partial charge is 0.335 e. The molecule has 3 N–H and O–H groups in total. The number of aliphatic carboxylic acids is 1. The highest BCUT2D eigenvalue weighted by Gasteiger charge is 2.10. The Morgan fingerprint density at radius 3 is 2.34 bits per heavy atom. The van der Waals surface area contributed by atoms with Crippen molar-refractivity contribution in [1.29, 1.82) is 0 Å². The number of para-hydroxylation sites is 1. The maximum Gasteiger partial charge on any atom is 0.335 e. The van der Waals surface area contributed by atoms with Gasteiger partial charge in [0.1, 0.15) is 11.5 Å². The second kappa shape index (κ2) is 17.4. The summed E-state index contributed by atoms with van der Waals surface area (Å²) in [5.74, 6) is 0.159. The summed E-state index contributed by atoms with van der Waals surface area (Å²) in [5.41, 5.74) is 3.40. The standard InChI is InChI=1S/C34H41NO6/c1-40-31-21-19-30(20-22-31)35-23-7-2-8-24-41-32-11-5-4-10-28(32)16-13-26(9-3-6-12-33(36)37)25-27-14-17-29(18-15-27)34(38)39/h4-5,10-11,13-22,26,35H,2-3,6-9,12,23-25H2,1H3,(H,36,37)(H,38,39)/b16-13+. The molecule has 0 aliphatic carbocycles. The zero-order valence-corrected chi connectivity index (χ0v) is 23.8. The Balaban J connectivity index is 1.50. The van der Waals surface area contributed by atoms with Crippen molar-refractivity contribution in [1.82, 2.24) is 0 Å². The molecule has 0 bridgehead atoms. The molecule has 1 unspecified atom stereocenters. The van der Waals surface area contributed by atoms with Crippen LogP contribution < -0.4 is 14.8 Å². The average molecular weight is 560 g/mol. The predicted octanol–water partition coefficient (Wildman–Crippen LogP) is 7.57. The maximum absolute atomic E-state index is 11.2. The van der Waals surface area contributed by atoms with E-state index in [0.29, 0.717) is 13.0 Å². The van der Waals surface area contributed by atoms with Crippen LogP contribution >= 0.6 is 0 Å². The van der Waals surface area contributed by atoms with Crippen LogP contribution in [0.5, 0.6) is 11.5 Å². The molecule has 0 aliphatic rings. The van der Waals surface area contributed by atoms with Gasteiger partial charge in [0.15, 0.2) is 0 Å². The number of unbranched alkanes of at least 4 members (excludes halogenated alkanes) is 3. The summed E-state index contributed by atoms with van der Waals surface area (Å²) in [6, 6.07) is 22.9. The molecule has 0 radical (unpaired) electrons. The number of carbonyl (C=O) groups is 2. The Kier molecular flexibility index (Phi) is 13.3. The number of hydrogen-bond acceptors (Lipinski definition) is 5. The van der Waals surface area contributed by atoms with Gasteiger partial charge in [0.05, 0.1) is 19.3 Å². The monoisotopic (exact) mass is 559 g/mol. The van der Waals surface area contributed by atoms with Crippen LogP contribution in [0.25, 0.3) is 6.08 Å². The molecule has 0 saturated carbocycles. The van der Waals surface area contributed by atoms with E-state index in [2.05, 4.69) is 17.5 Å². The Hall–Kier alpha value is -4.26. The summed E-state index contributed by atoms with van der Waals surface area (Å²) < 4.78 is 11.3. The fraction of sp³-hybridized carbons (Fsp3) is 0.353. The van der Waals surface area contributed by atoms with Gasteiger partial charge in [-0.25, -0.2) is 4.79 Å². The van der Waals surface area contributed by atoms with Crippen LogP contribution in [-0.4, -0.2) is 42.4 Å². The lowest BCUT2D eigenvalue weighted by atomic mass is 9.92. The molecule has 7 nitrogen and oxygen atoms in total. The third-order valence-corrected chi connectivity index (χ3v) is 6.88. The van der Waals surface area contributed by atoms with Gasteiger partial charge in [-0.3, -0.25) is 4.79 Å². The summed E-state index contributed by atoms with van der Waals surface area (Å²) in [5, 5.41) is 21.6. The minimum atomic E-state index is -0.941. The summed E-state index contributed by atoms with van der Waals surface area (Å²) in [6.07, 6.45) is 10.5. The van der Waals surface area contributed by atoms with Gasteiger partial charge in [-0.2, -0.15) is 0 Å². The van der Waals surface area contributed by atoms with Gasteiger partial charge in [0.25, 0.3) is 0 Å². The Morgan fingerprint density at radius 1 is 0.878 bits per heavy atom. The van der Waals surface area contributed by atoms with Crippen LogP contribution in [0.1, 0.15) is 66.4 Å². The van der Waals surface area contributed by atoms with E-state index in [0.717, 1.165) is 73.4 Å². The quantitative estimate of drug-likeness (QED) is 0.130. The van der Waals surface area contributed by atoms with E-state index in [1.54, 1.807) is 19.2 Å². The zero-order chi connectivity index (χ0) is 29.3. The van der Waals surface area contributed by atoms with Gasteiger partial charge >= 0.3 is 11.9 Å². The van der Waals surface area contributed by atoms with Crippen LogP contribution in [0.4, 0.5) is 5.69 Å². The first-order chi connectivity index (χ1) is 19.9. The number of ether oxygens (including phenoxy) is 2. The van der Waals surface area contributed by atoms with E-state index in [1.807, 2.05) is 60.7 Å². The van der Waals surface area contributed by atoms with Crippen molar-refractivity contribution in [3.8, 4) is 11.5 Å². The van der Waals surface area contributed by atoms with Gasteiger partial charge in [-0.05, 0) is 92.5 Å². The zero-order valence-electron chi connectivity index (χ0n) is 23.8. The predicted molar refractivity (Wildman–Crippen MR) is 163 cm³/mol. The van der Waals surface area contributed by atoms with E-state index >= 15 is 0 Å². The third-order valence-electron chi connectivity index (χ3n) is 6.88. The first-order valence-corrected chi connectivity index (χ1v) is 14.3. The minimum absolute atomic E-state index is 0.165. The Morgan fingerprint density at radius 2 is 1.63 bits per heavy atom. The van der Waals surface area contributed by atoms with Gasteiger partial charge in [-0.15, -0.1) is 0 Å². The van der Waals surface area contributed by atoms with E-state index in [4.69, 9.17) is 14.6 Å². The highest BCUT2D eigenvalue weighted by molar-refractivity contribution is 5.87. The molecule has 0 aliphatic heterocycles. The molecule has 218 valence electrons. The van der Waals surface area contributed by atoms with Crippen LogP contribution in [0.15, 0.2) is 78.9 Å². The number of aromatic carboxylic acids is 1. The molecule has 7 heteroatoms. The van der Waals surface area contributed by atoms with E-state index < -0.39 is 11.9 Å². The lowest BCUT2D eigenvalue weighted by molar-refractivity contribution is -0.137. The van der Waals surface area contributed by atoms with Gasteiger partial charge in [0, 0.05) is 24.2 Å². The highest BCUT2D eigenvalue weighted by atomic mass is 16.5. The molecule has 0 fully saturated rings. The molecule has 0 heterocycles. The number of carboxylic acids is 2. The van der Waals surface area contributed by atoms with Crippen molar-refractivity contribution < 1.29 is 29.3 Å². The van der Waals surface area contributed by atoms with E-state index in [-0.39, 0.29) is 17.9 Å². The van der Waals surface area contributed by atoms with Crippen LogP contribution in [0.2, 0.25) is 0 Å². The molecule has 0 amide bonds. The summed E-state index contributed by atoms with van der Waals surface area (Å²) >= 11 is 0. The second-order valence-corrected chi connectivity index (χ2v) is 10.1. The highest BCUT2D eigenvalue weighted by Crippen LogP contribution is 2.24. The Bertz CT molecular complexity index is 1240. The first-order valence-electron chi connectivity index (χ1n) is 14.3. The maximum atomic E-state index is 11.2. The summed E-state index contributed by atoms with van der Waals surface area (Å²) in [4.78, 5) is 22.1. The lowest BCUT2D eigenvalue weighted by Crippen LogP contribution is -2.04. The van der Waals surface area contributed by atoms with Crippen molar-refractivity contribution in [2.24, 2.45) is 5.92 Å². The number of allylic oxidation sites excluding steroid dienone is 1. The minimum Gasteiger partial charge on any atom is -0.497 e. The molecular formula is C34H41NO6. The molecule has 41 heavy (non-hydrogen) atoms. The van der Waals surface area contributed by atoms with Crippen molar-refractivity contribution in [2.45, 2.75) is 51.4 Å². The largest absolute Gasteiger partial charge is 0.497 e. The number of anilines is 1. The first kappa shape index (κ1) is 31.3. The molecule has 3 aromatic rings. The topological polar surface area (TPSA) is 105 Å². The molecular weight excluding hydrogens is 518 g/mol. The molecule has 0 saturated heterocycles. The summed E-state index contributed by atoms with van der Waals surface area (Å²) in [6.45, 7) is 1.54. The molecule has 1 atom stereocenters. The number of nitrogens with one attached hydrogen (secondary N) is 1. The molecule has 0 spiro atoms. The normalized spacial score (nSPS) is 11.7. The average Bonchev–Trinajstić information content (AvgIpc) is 2.98. The van der Waals surface area contributed by atoms with Crippen LogP contribution in [0, 0.1) is 5.92 Å². The van der Waals surface area contributed by atoms with Crippen LogP contribution in [-0.2, 0) is 11.2 Å². The van der Waals surface area contributed by atoms with E-state index in [1.165, 1.54) is 0 Å². The fourth-order valence-electron chi connectivity index (χ4n) is 4.55. The van der Waals surface area contributed by atoms with Crippen molar-refractivity contribution in [2.75, 3.05) is 25.6 Å². The van der Waals surface area contributed by atoms with Crippen molar-refractivity contribution in [3.05, 3.63) is 95.6 Å². The van der Waals surface area contributed by atoms with Crippen molar-refractivity contribution in [3.63, 3.8) is 0 Å².